The van der Waals surface area contributed by atoms with Crippen molar-refractivity contribution in [3.63, 3.8) is 0 Å². The smallest absolute Gasteiger partial charge is 0.194 e. The van der Waals surface area contributed by atoms with Crippen molar-refractivity contribution >= 4 is 41.3 Å². The van der Waals surface area contributed by atoms with Crippen molar-refractivity contribution in [2.45, 2.75) is 25.9 Å². The number of hydrogen-bond donors (Lipinski definition) is 1. The number of hydrogen-bond acceptors (Lipinski definition) is 4. The summed E-state index contributed by atoms with van der Waals surface area (Å²) in [5.41, 5.74) is 0.568. The Bertz CT molecular complexity index is 764. The largest absolute Gasteiger partial charge is 0.350 e. The minimum absolute atomic E-state index is 0. The van der Waals surface area contributed by atoms with Gasteiger partial charge in [0.1, 0.15) is 16.6 Å². The molecule has 0 bridgehead atoms. The minimum atomic E-state index is -0.536. The van der Waals surface area contributed by atoms with E-state index in [0.29, 0.717) is 12.1 Å². The third kappa shape index (κ3) is 5.60. The van der Waals surface area contributed by atoms with Crippen LogP contribution in [0.3, 0.4) is 0 Å². The van der Waals surface area contributed by atoms with Gasteiger partial charge in [0.15, 0.2) is 5.96 Å². The van der Waals surface area contributed by atoms with E-state index in [1.165, 1.54) is 6.07 Å². The number of rotatable bonds is 5. The molecular weight excluding hydrogens is 495 g/mol. The van der Waals surface area contributed by atoms with Gasteiger partial charge in [-0.15, -0.1) is 35.3 Å². The molecule has 5 nitrogen and oxygen atoms in total. The van der Waals surface area contributed by atoms with Crippen LogP contribution in [-0.2, 0) is 6.54 Å². The average Bonchev–Trinajstić information content (AvgIpc) is 3.19. The molecule has 0 aliphatic carbocycles. The molecule has 28 heavy (non-hydrogen) atoms. The maximum atomic E-state index is 14.2. The first-order chi connectivity index (χ1) is 13.1. The third-order valence-electron chi connectivity index (χ3n) is 4.86. The summed E-state index contributed by atoms with van der Waals surface area (Å²) < 4.78 is 27.5. The van der Waals surface area contributed by atoms with E-state index < -0.39 is 11.6 Å². The number of aliphatic imine (C=N–C) groups is 1. The van der Waals surface area contributed by atoms with Crippen LogP contribution in [0.15, 0.2) is 34.8 Å². The number of nitrogens with zero attached hydrogens (tertiary/aromatic N) is 4. The van der Waals surface area contributed by atoms with Crippen LogP contribution in [0.1, 0.15) is 30.0 Å². The molecule has 1 aliphatic rings. The Morgan fingerprint density at radius 3 is 2.61 bits per heavy atom. The van der Waals surface area contributed by atoms with Crippen LogP contribution >= 0.6 is 35.3 Å². The number of thiazole rings is 1. The number of guanidine groups is 1. The summed E-state index contributed by atoms with van der Waals surface area (Å²) in [5, 5.41) is 6.33. The SMILES string of the molecule is CCC(c1ccc(F)cc1F)N1CCN(C(=NC)NCc2nccs2)CC1.I. The Hall–Kier alpha value is -1.33. The second kappa shape index (κ2) is 11.0. The zero-order valence-corrected chi connectivity index (χ0v) is 19.2. The first-order valence-electron chi connectivity index (χ1n) is 9.15. The topological polar surface area (TPSA) is 43.8 Å². The summed E-state index contributed by atoms with van der Waals surface area (Å²) >= 11 is 1.61. The molecule has 154 valence electrons. The van der Waals surface area contributed by atoms with Gasteiger partial charge in [-0.3, -0.25) is 9.89 Å². The predicted octanol–water partition coefficient (Wildman–Crippen LogP) is 3.88. The number of halogens is 3. The fourth-order valence-electron chi connectivity index (χ4n) is 3.52. The van der Waals surface area contributed by atoms with Gasteiger partial charge in [0.05, 0.1) is 6.54 Å². The summed E-state index contributed by atoms with van der Waals surface area (Å²) in [6.45, 7) is 5.89. The Labute approximate surface area is 185 Å². The Morgan fingerprint density at radius 2 is 2.04 bits per heavy atom. The lowest BCUT2D eigenvalue weighted by Crippen LogP contribution is -2.53. The van der Waals surface area contributed by atoms with E-state index in [4.69, 9.17) is 0 Å². The summed E-state index contributed by atoms with van der Waals surface area (Å²) in [6.07, 6.45) is 2.57. The second-order valence-corrected chi connectivity index (χ2v) is 7.42. The van der Waals surface area contributed by atoms with Crippen LogP contribution in [-0.4, -0.2) is 54.0 Å². The van der Waals surface area contributed by atoms with Gasteiger partial charge in [0, 0.05) is 62.5 Å². The average molecular weight is 521 g/mol. The second-order valence-electron chi connectivity index (χ2n) is 6.44. The van der Waals surface area contributed by atoms with E-state index in [0.717, 1.165) is 49.6 Å². The molecule has 1 unspecified atom stereocenters. The van der Waals surface area contributed by atoms with E-state index >= 15 is 0 Å². The van der Waals surface area contributed by atoms with Crippen LogP contribution in [0.4, 0.5) is 8.78 Å². The molecule has 0 spiro atoms. The maximum Gasteiger partial charge on any atom is 0.194 e. The highest BCUT2D eigenvalue weighted by molar-refractivity contribution is 14.0. The monoisotopic (exact) mass is 521 g/mol. The fraction of sp³-hybridized carbons (Fsp3) is 0.474. The van der Waals surface area contributed by atoms with Gasteiger partial charge in [0.2, 0.25) is 0 Å². The van der Waals surface area contributed by atoms with Crippen molar-refractivity contribution in [3.05, 3.63) is 52.0 Å². The zero-order valence-electron chi connectivity index (χ0n) is 16.1. The summed E-state index contributed by atoms with van der Waals surface area (Å²) in [4.78, 5) is 13.1. The highest BCUT2D eigenvalue weighted by atomic mass is 127. The molecular formula is C19H26F2IN5S. The third-order valence-corrected chi connectivity index (χ3v) is 5.64. The Kier molecular flexibility index (Phi) is 9.03. The minimum Gasteiger partial charge on any atom is -0.350 e. The maximum absolute atomic E-state index is 14.2. The molecule has 0 saturated carbocycles. The van der Waals surface area contributed by atoms with Gasteiger partial charge < -0.3 is 10.2 Å². The lowest BCUT2D eigenvalue weighted by atomic mass is 10.0. The van der Waals surface area contributed by atoms with Gasteiger partial charge in [-0.2, -0.15) is 0 Å². The molecule has 1 fully saturated rings. The van der Waals surface area contributed by atoms with E-state index in [2.05, 4.69) is 25.1 Å². The van der Waals surface area contributed by atoms with Gasteiger partial charge in [-0.25, -0.2) is 13.8 Å². The van der Waals surface area contributed by atoms with Crippen molar-refractivity contribution in [2.24, 2.45) is 4.99 Å². The van der Waals surface area contributed by atoms with Gasteiger partial charge in [0.25, 0.3) is 0 Å². The van der Waals surface area contributed by atoms with Crippen LogP contribution in [0.2, 0.25) is 0 Å². The van der Waals surface area contributed by atoms with Crippen molar-refractivity contribution in [1.82, 2.24) is 20.1 Å². The molecule has 3 rings (SSSR count). The zero-order chi connectivity index (χ0) is 19.2. The molecule has 1 saturated heterocycles. The number of aromatic nitrogens is 1. The summed E-state index contributed by atoms with van der Waals surface area (Å²) in [6, 6.07) is 3.83. The highest BCUT2D eigenvalue weighted by Gasteiger charge is 2.27. The van der Waals surface area contributed by atoms with Gasteiger partial charge in [-0.05, 0) is 12.5 Å². The molecule has 1 N–H and O–H groups in total. The van der Waals surface area contributed by atoms with Crippen molar-refractivity contribution in [3.8, 4) is 0 Å². The quantitative estimate of drug-likeness (QED) is 0.369. The van der Waals surface area contributed by atoms with Gasteiger partial charge >= 0.3 is 0 Å². The Balaban J connectivity index is 0.00000280. The van der Waals surface area contributed by atoms with Crippen molar-refractivity contribution in [2.75, 3.05) is 33.2 Å². The van der Waals surface area contributed by atoms with Crippen LogP contribution in [0, 0.1) is 11.6 Å². The first kappa shape index (κ1) is 23.0. The molecule has 0 radical (unpaired) electrons. The van der Waals surface area contributed by atoms with E-state index in [9.17, 15) is 8.78 Å². The molecule has 0 amide bonds. The predicted molar refractivity (Wildman–Crippen MR) is 120 cm³/mol. The van der Waals surface area contributed by atoms with E-state index in [1.807, 2.05) is 12.3 Å². The molecule has 1 atom stereocenters. The number of benzene rings is 1. The lowest BCUT2D eigenvalue weighted by Gasteiger charge is -2.40. The van der Waals surface area contributed by atoms with Crippen LogP contribution in [0.25, 0.3) is 0 Å². The van der Waals surface area contributed by atoms with E-state index in [-0.39, 0.29) is 30.0 Å². The summed E-state index contributed by atoms with van der Waals surface area (Å²) in [5.74, 6) is -0.151. The first-order valence-corrected chi connectivity index (χ1v) is 10.0. The number of nitrogens with one attached hydrogen (secondary N) is 1. The highest BCUT2D eigenvalue weighted by Crippen LogP contribution is 2.28. The van der Waals surface area contributed by atoms with Crippen LogP contribution in [0.5, 0.6) is 0 Å². The summed E-state index contributed by atoms with van der Waals surface area (Å²) in [7, 11) is 1.78. The number of piperazine rings is 1. The lowest BCUT2D eigenvalue weighted by molar-refractivity contribution is 0.124. The molecule has 2 heterocycles. The molecule has 1 aliphatic heterocycles. The molecule has 2 aromatic rings. The molecule has 1 aromatic carbocycles. The molecule has 1 aromatic heterocycles. The normalized spacial score (nSPS) is 16.6. The Morgan fingerprint density at radius 1 is 1.29 bits per heavy atom. The van der Waals surface area contributed by atoms with Gasteiger partial charge in [-0.1, -0.05) is 13.0 Å². The molecule has 9 heteroatoms. The van der Waals surface area contributed by atoms with Crippen LogP contribution < -0.4 is 5.32 Å². The standard InChI is InChI=1S/C19H25F2N5S.HI/c1-3-17(15-5-4-14(20)12-16(15)21)25-7-9-26(10-8-25)19(22-2)24-13-18-23-6-11-27-18;/h4-6,11-12,17H,3,7-10,13H2,1-2H3,(H,22,24);1H. The van der Waals surface area contributed by atoms with Crippen molar-refractivity contribution in [1.29, 1.82) is 0 Å². The van der Waals surface area contributed by atoms with Crippen molar-refractivity contribution < 1.29 is 8.78 Å². The van der Waals surface area contributed by atoms with E-state index in [1.54, 1.807) is 30.6 Å². The fourth-order valence-corrected chi connectivity index (χ4v) is 4.08.